The number of hydrogen-bond acceptors (Lipinski definition) is 5. The van der Waals surface area contributed by atoms with Crippen LogP contribution in [0.1, 0.15) is 35.8 Å². The van der Waals surface area contributed by atoms with E-state index >= 15 is 0 Å². The highest BCUT2D eigenvalue weighted by atomic mass is 35.5. The van der Waals surface area contributed by atoms with Crippen molar-refractivity contribution in [1.29, 1.82) is 0 Å². The topological polar surface area (TPSA) is 37.4 Å². The first-order valence-corrected chi connectivity index (χ1v) is 7.65. The molecule has 1 aromatic heterocycles. The van der Waals surface area contributed by atoms with Gasteiger partial charge < -0.3 is 10.1 Å². The molecule has 108 valence electrons. The molecule has 0 spiro atoms. The third kappa shape index (κ3) is 3.89. The van der Waals surface area contributed by atoms with Crippen LogP contribution >= 0.6 is 23.7 Å². The van der Waals surface area contributed by atoms with Crippen molar-refractivity contribution >= 4 is 23.7 Å². The van der Waals surface area contributed by atoms with Crippen LogP contribution in [0, 0.1) is 0 Å². The molecule has 0 aromatic carbocycles. The molecular formula is C13H22ClN3OS. The summed E-state index contributed by atoms with van der Waals surface area (Å²) in [5.74, 6) is 0. The van der Waals surface area contributed by atoms with Gasteiger partial charge in [-0.15, -0.1) is 23.7 Å². The highest BCUT2D eigenvalue weighted by Gasteiger charge is 2.22. The number of piperazine rings is 1. The van der Waals surface area contributed by atoms with Gasteiger partial charge in [0.15, 0.2) is 0 Å². The molecule has 0 amide bonds. The predicted octanol–water partition coefficient (Wildman–Crippen LogP) is 2.21. The van der Waals surface area contributed by atoms with Gasteiger partial charge in [-0.2, -0.15) is 0 Å². The largest absolute Gasteiger partial charge is 0.371 e. The maximum atomic E-state index is 5.68. The minimum absolute atomic E-state index is 0. The summed E-state index contributed by atoms with van der Waals surface area (Å²) in [7, 11) is 0. The molecule has 19 heavy (non-hydrogen) atoms. The summed E-state index contributed by atoms with van der Waals surface area (Å²) in [4.78, 5) is 8.41. The lowest BCUT2D eigenvalue weighted by Gasteiger charge is -2.31. The molecule has 2 aliphatic rings. The molecule has 0 radical (unpaired) electrons. The average Bonchev–Trinajstić information content (AvgIpc) is 2.98. The zero-order valence-corrected chi connectivity index (χ0v) is 12.9. The molecule has 3 rings (SSSR count). The van der Waals surface area contributed by atoms with Gasteiger partial charge in [0.05, 0.1) is 0 Å². The van der Waals surface area contributed by atoms with Crippen LogP contribution in [0.5, 0.6) is 0 Å². The van der Waals surface area contributed by atoms with Gasteiger partial charge in [-0.3, -0.25) is 4.90 Å². The van der Waals surface area contributed by atoms with E-state index in [1.165, 1.54) is 16.3 Å². The zero-order valence-electron chi connectivity index (χ0n) is 11.3. The first-order chi connectivity index (χ1) is 8.81. The molecule has 1 unspecified atom stereocenters. The Labute approximate surface area is 125 Å². The van der Waals surface area contributed by atoms with Crippen LogP contribution in [0.15, 0.2) is 6.20 Å². The quantitative estimate of drug-likeness (QED) is 0.929. The predicted molar refractivity (Wildman–Crippen MR) is 80.0 cm³/mol. The van der Waals surface area contributed by atoms with Crippen LogP contribution in [-0.2, 0) is 11.3 Å². The van der Waals surface area contributed by atoms with E-state index in [0.29, 0.717) is 6.04 Å². The second-order valence-electron chi connectivity index (χ2n) is 5.26. The van der Waals surface area contributed by atoms with Crippen molar-refractivity contribution in [1.82, 2.24) is 15.2 Å². The maximum absolute atomic E-state index is 5.68. The van der Waals surface area contributed by atoms with E-state index in [4.69, 9.17) is 4.74 Å². The number of aromatic nitrogens is 1. The lowest BCUT2D eigenvalue weighted by Crippen LogP contribution is -2.48. The highest BCUT2D eigenvalue weighted by Crippen LogP contribution is 2.31. The fraction of sp³-hybridized carbons (Fsp3) is 0.769. The van der Waals surface area contributed by atoms with Gasteiger partial charge in [-0.1, -0.05) is 0 Å². The smallest absolute Gasteiger partial charge is 0.122 e. The Morgan fingerprint density at radius 2 is 2.47 bits per heavy atom. The number of thiazole rings is 1. The van der Waals surface area contributed by atoms with Gasteiger partial charge in [0.25, 0.3) is 0 Å². The van der Waals surface area contributed by atoms with E-state index in [-0.39, 0.29) is 18.5 Å². The molecule has 2 atom stereocenters. The van der Waals surface area contributed by atoms with Crippen LogP contribution in [-0.4, -0.2) is 42.2 Å². The molecule has 2 saturated heterocycles. The van der Waals surface area contributed by atoms with Gasteiger partial charge in [0, 0.05) is 49.9 Å². The van der Waals surface area contributed by atoms with Crippen molar-refractivity contribution in [3.05, 3.63) is 16.1 Å². The Kier molecular flexibility index (Phi) is 5.59. The van der Waals surface area contributed by atoms with Crippen molar-refractivity contribution in [2.24, 2.45) is 0 Å². The SMILES string of the molecule is C[C@@H]1CN(Cc2cnc(C3CCCO3)s2)CCN1.Cl. The van der Waals surface area contributed by atoms with Gasteiger partial charge >= 0.3 is 0 Å². The maximum Gasteiger partial charge on any atom is 0.122 e. The van der Waals surface area contributed by atoms with Crippen molar-refractivity contribution in [2.75, 3.05) is 26.2 Å². The lowest BCUT2D eigenvalue weighted by molar-refractivity contribution is 0.111. The van der Waals surface area contributed by atoms with E-state index in [2.05, 4.69) is 22.1 Å². The zero-order chi connectivity index (χ0) is 12.4. The molecule has 0 aliphatic carbocycles. The Hall–Kier alpha value is -0.200. The second-order valence-corrected chi connectivity index (χ2v) is 6.40. The van der Waals surface area contributed by atoms with Crippen molar-refractivity contribution < 1.29 is 4.74 Å². The van der Waals surface area contributed by atoms with Gasteiger partial charge in [0.2, 0.25) is 0 Å². The first-order valence-electron chi connectivity index (χ1n) is 6.83. The molecule has 1 aromatic rings. The van der Waals surface area contributed by atoms with Gasteiger partial charge in [0.1, 0.15) is 11.1 Å². The number of halogens is 1. The lowest BCUT2D eigenvalue weighted by atomic mass is 10.2. The normalized spacial score (nSPS) is 28.3. The molecule has 0 saturated carbocycles. The Morgan fingerprint density at radius 1 is 1.58 bits per heavy atom. The minimum Gasteiger partial charge on any atom is -0.371 e. The standard InChI is InChI=1S/C13H21N3OS.ClH/c1-10-8-16(5-4-14-10)9-11-7-15-13(18-11)12-3-2-6-17-12;/h7,10,12,14H,2-6,8-9H2,1H3;1H/t10-,12?;/m1./s1. The summed E-state index contributed by atoms with van der Waals surface area (Å²) in [6.07, 6.45) is 4.62. The van der Waals surface area contributed by atoms with Crippen LogP contribution in [0.25, 0.3) is 0 Å². The molecule has 1 N–H and O–H groups in total. The monoisotopic (exact) mass is 303 g/mol. The number of nitrogens with zero attached hydrogens (tertiary/aromatic N) is 2. The number of nitrogens with one attached hydrogen (secondary N) is 1. The summed E-state index contributed by atoms with van der Waals surface area (Å²) in [5, 5.41) is 4.65. The third-order valence-electron chi connectivity index (χ3n) is 3.61. The number of rotatable bonds is 3. The number of ether oxygens (including phenoxy) is 1. The van der Waals surface area contributed by atoms with Crippen molar-refractivity contribution in [2.45, 2.75) is 38.5 Å². The van der Waals surface area contributed by atoms with E-state index in [1.807, 2.05) is 17.5 Å². The molecule has 6 heteroatoms. The van der Waals surface area contributed by atoms with Crippen LogP contribution in [0.2, 0.25) is 0 Å². The van der Waals surface area contributed by atoms with Crippen molar-refractivity contribution in [3.63, 3.8) is 0 Å². The Morgan fingerprint density at radius 3 is 3.21 bits per heavy atom. The van der Waals surface area contributed by atoms with Crippen molar-refractivity contribution in [3.8, 4) is 0 Å². The van der Waals surface area contributed by atoms with E-state index in [0.717, 1.165) is 39.2 Å². The summed E-state index contributed by atoms with van der Waals surface area (Å²) >= 11 is 1.83. The fourth-order valence-corrected chi connectivity index (χ4v) is 3.74. The van der Waals surface area contributed by atoms with Gasteiger partial charge in [-0.05, 0) is 19.8 Å². The molecule has 2 aliphatic heterocycles. The first kappa shape index (κ1) is 15.2. The van der Waals surface area contributed by atoms with E-state index < -0.39 is 0 Å². The van der Waals surface area contributed by atoms with E-state index in [1.54, 1.807) is 0 Å². The van der Waals surface area contributed by atoms with Crippen LogP contribution < -0.4 is 5.32 Å². The van der Waals surface area contributed by atoms with Gasteiger partial charge in [-0.25, -0.2) is 4.98 Å². The van der Waals surface area contributed by atoms with Crippen LogP contribution in [0.4, 0.5) is 0 Å². The molecular weight excluding hydrogens is 282 g/mol. The molecule has 0 bridgehead atoms. The molecule has 3 heterocycles. The number of hydrogen-bond donors (Lipinski definition) is 1. The minimum atomic E-state index is 0. The summed E-state index contributed by atoms with van der Waals surface area (Å²) in [6, 6.07) is 0.601. The molecule has 4 nitrogen and oxygen atoms in total. The third-order valence-corrected chi connectivity index (χ3v) is 4.68. The van der Waals surface area contributed by atoms with E-state index in [9.17, 15) is 0 Å². The second kappa shape index (κ2) is 6.99. The average molecular weight is 304 g/mol. The fourth-order valence-electron chi connectivity index (χ4n) is 2.69. The summed E-state index contributed by atoms with van der Waals surface area (Å²) in [5.41, 5.74) is 0. The highest BCUT2D eigenvalue weighted by molar-refractivity contribution is 7.11. The summed E-state index contributed by atoms with van der Waals surface area (Å²) in [6.45, 7) is 7.55. The summed E-state index contributed by atoms with van der Waals surface area (Å²) < 4.78 is 5.68. The Bertz CT molecular complexity index is 395. The Balaban J connectivity index is 0.00000133. The molecule has 2 fully saturated rings. The van der Waals surface area contributed by atoms with Crippen LogP contribution in [0.3, 0.4) is 0 Å².